The van der Waals surface area contributed by atoms with Crippen LogP contribution in [0.3, 0.4) is 0 Å². The Morgan fingerprint density at radius 3 is 2.00 bits per heavy atom. The molecule has 5 nitrogen and oxygen atoms in total. The summed E-state index contributed by atoms with van der Waals surface area (Å²) in [5.74, 6) is -0.364. The normalized spacial score (nSPS) is 12.1. The number of carbonyl (C=O) groups excluding carboxylic acids is 2. The molecule has 0 N–H and O–H groups in total. The molecule has 0 heterocycles. The molecule has 1 atom stereocenters. The fourth-order valence-corrected chi connectivity index (χ4v) is 2.36. The zero-order chi connectivity index (χ0) is 17.7. The molecule has 0 rings (SSSR count). The van der Waals surface area contributed by atoms with Crippen LogP contribution in [0.2, 0.25) is 0 Å². The van der Waals surface area contributed by atoms with Crippen molar-refractivity contribution in [1.82, 2.24) is 4.90 Å². The first kappa shape index (κ1) is 21.7. The van der Waals surface area contributed by atoms with Crippen LogP contribution >= 0.6 is 0 Å². The van der Waals surface area contributed by atoms with Crippen molar-refractivity contribution in [3.63, 3.8) is 0 Å². The average Bonchev–Trinajstić information content (AvgIpc) is 2.50. The molecular formula is C18H35NO4. The van der Waals surface area contributed by atoms with E-state index in [0.29, 0.717) is 13.2 Å². The maximum Gasteiger partial charge on any atom is 0.410 e. The Hall–Kier alpha value is -1.26. The summed E-state index contributed by atoms with van der Waals surface area (Å²) in [5.41, 5.74) is 0. The minimum Gasteiger partial charge on any atom is -0.464 e. The summed E-state index contributed by atoms with van der Waals surface area (Å²) in [6, 6.07) is -0.597. The Morgan fingerprint density at radius 1 is 0.870 bits per heavy atom. The van der Waals surface area contributed by atoms with E-state index < -0.39 is 12.1 Å². The van der Waals surface area contributed by atoms with Crippen molar-refractivity contribution in [2.24, 2.45) is 5.92 Å². The lowest BCUT2D eigenvalue weighted by atomic mass is 10.0. The van der Waals surface area contributed by atoms with E-state index in [1.807, 2.05) is 20.8 Å². The quantitative estimate of drug-likeness (QED) is 0.393. The second-order valence-electron chi connectivity index (χ2n) is 6.35. The fourth-order valence-electron chi connectivity index (χ4n) is 2.36. The molecule has 0 aliphatic carbocycles. The highest BCUT2D eigenvalue weighted by Gasteiger charge is 2.31. The highest BCUT2D eigenvalue weighted by atomic mass is 16.6. The number of esters is 1. The van der Waals surface area contributed by atoms with Crippen molar-refractivity contribution in [3.05, 3.63) is 0 Å². The summed E-state index contributed by atoms with van der Waals surface area (Å²) >= 11 is 0. The van der Waals surface area contributed by atoms with E-state index in [4.69, 9.17) is 9.47 Å². The molecule has 23 heavy (non-hydrogen) atoms. The SMILES string of the molecule is CCCCCCCOC(=O)C(C(C)C)N(C)C(=O)OCCCC. The number of carbonyl (C=O) groups is 2. The lowest BCUT2D eigenvalue weighted by Crippen LogP contribution is -2.46. The van der Waals surface area contributed by atoms with Gasteiger partial charge in [-0.2, -0.15) is 0 Å². The van der Waals surface area contributed by atoms with Gasteiger partial charge in [-0.1, -0.05) is 59.8 Å². The first-order valence-electron chi connectivity index (χ1n) is 9.01. The van der Waals surface area contributed by atoms with E-state index in [1.165, 1.54) is 24.2 Å². The van der Waals surface area contributed by atoms with Gasteiger partial charge in [-0.05, 0) is 18.8 Å². The summed E-state index contributed by atoms with van der Waals surface area (Å²) in [6.45, 7) is 8.82. The van der Waals surface area contributed by atoms with Crippen LogP contribution in [0.1, 0.15) is 72.6 Å². The second kappa shape index (κ2) is 13.2. The smallest absolute Gasteiger partial charge is 0.410 e. The van der Waals surface area contributed by atoms with Gasteiger partial charge >= 0.3 is 12.1 Å². The molecular weight excluding hydrogens is 294 g/mol. The van der Waals surface area contributed by atoms with Crippen LogP contribution in [0.4, 0.5) is 4.79 Å². The Balaban J connectivity index is 4.30. The van der Waals surface area contributed by atoms with Crippen molar-refractivity contribution in [2.45, 2.75) is 78.7 Å². The molecule has 0 aliphatic heterocycles. The number of ether oxygens (including phenoxy) is 2. The molecule has 0 saturated heterocycles. The fraction of sp³-hybridized carbons (Fsp3) is 0.889. The molecule has 0 saturated carbocycles. The van der Waals surface area contributed by atoms with E-state index in [9.17, 15) is 9.59 Å². The first-order chi connectivity index (χ1) is 11.0. The summed E-state index contributed by atoms with van der Waals surface area (Å²) < 4.78 is 10.5. The summed E-state index contributed by atoms with van der Waals surface area (Å²) in [4.78, 5) is 25.7. The van der Waals surface area contributed by atoms with Crippen LogP contribution in [-0.2, 0) is 14.3 Å². The Morgan fingerprint density at radius 2 is 1.43 bits per heavy atom. The Labute approximate surface area is 141 Å². The molecule has 0 aromatic carbocycles. The summed E-state index contributed by atoms with van der Waals surface area (Å²) in [5, 5.41) is 0. The lowest BCUT2D eigenvalue weighted by Gasteiger charge is -2.28. The summed E-state index contributed by atoms with van der Waals surface area (Å²) in [7, 11) is 1.60. The van der Waals surface area contributed by atoms with Gasteiger partial charge in [-0.3, -0.25) is 4.90 Å². The largest absolute Gasteiger partial charge is 0.464 e. The van der Waals surface area contributed by atoms with Gasteiger partial charge in [0.05, 0.1) is 13.2 Å². The monoisotopic (exact) mass is 329 g/mol. The zero-order valence-electron chi connectivity index (χ0n) is 15.6. The van der Waals surface area contributed by atoms with Crippen LogP contribution in [0.5, 0.6) is 0 Å². The van der Waals surface area contributed by atoms with Gasteiger partial charge in [0.2, 0.25) is 0 Å². The average molecular weight is 329 g/mol. The topological polar surface area (TPSA) is 55.8 Å². The number of nitrogens with zero attached hydrogens (tertiary/aromatic N) is 1. The van der Waals surface area contributed by atoms with Gasteiger partial charge in [0.15, 0.2) is 0 Å². The van der Waals surface area contributed by atoms with Crippen molar-refractivity contribution < 1.29 is 19.1 Å². The number of hydrogen-bond donors (Lipinski definition) is 0. The molecule has 0 aromatic heterocycles. The van der Waals surface area contributed by atoms with Crippen LogP contribution in [-0.4, -0.2) is 43.3 Å². The van der Waals surface area contributed by atoms with Crippen LogP contribution in [0, 0.1) is 5.92 Å². The third-order valence-corrected chi connectivity index (χ3v) is 3.79. The van der Waals surface area contributed by atoms with Gasteiger partial charge in [0.1, 0.15) is 6.04 Å². The maximum absolute atomic E-state index is 12.3. The van der Waals surface area contributed by atoms with E-state index in [2.05, 4.69) is 6.92 Å². The maximum atomic E-state index is 12.3. The zero-order valence-corrected chi connectivity index (χ0v) is 15.6. The van der Waals surface area contributed by atoms with Gasteiger partial charge in [-0.15, -0.1) is 0 Å². The standard InChI is InChI=1S/C18H35NO4/c1-6-8-10-11-12-14-22-17(20)16(15(3)4)19(5)18(21)23-13-9-7-2/h15-16H,6-14H2,1-5H3. The Bertz CT molecular complexity index is 331. The molecule has 0 radical (unpaired) electrons. The van der Waals surface area contributed by atoms with Gasteiger partial charge in [-0.25, -0.2) is 9.59 Å². The van der Waals surface area contributed by atoms with E-state index in [0.717, 1.165) is 25.7 Å². The number of hydrogen-bond acceptors (Lipinski definition) is 4. The first-order valence-corrected chi connectivity index (χ1v) is 9.01. The molecule has 136 valence electrons. The van der Waals surface area contributed by atoms with Crippen molar-refractivity contribution in [2.75, 3.05) is 20.3 Å². The van der Waals surface area contributed by atoms with Crippen LogP contribution in [0.15, 0.2) is 0 Å². The molecule has 1 amide bonds. The van der Waals surface area contributed by atoms with E-state index in [1.54, 1.807) is 7.05 Å². The highest BCUT2D eigenvalue weighted by molar-refractivity contribution is 5.81. The molecule has 0 fully saturated rings. The predicted molar refractivity (Wildman–Crippen MR) is 92.4 cm³/mol. The number of likely N-dealkylation sites (N-methyl/N-ethyl adjacent to an activating group) is 1. The predicted octanol–water partition coefficient (Wildman–Crippen LogP) is 4.39. The van der Waals surface area contributed by atoms with Crippen LogP contribution < -0.4 is 0 Å². The third kappa shape index (κ3) is 9.47. The second-order valence-corrected chi connectivity index (χ2v) is 6.35. The minimum atomic E-state index is -0.597. The van der Waals surface area contributed by atoms with E-state index >= 15 is 0 Å². The van der Waals surface area contributed by atoms with Gasteiger partial charge in [0.25, 0.3) is 0 Å². The lowest BCUT2D eigenvalue weighted by molar-refractivity contribution is -0.150. The molecule has 0 spiro atoms. The molecule has 1 unspecified atom stereocenters. The Kier molecular flexibility index (Phi) is 12.5. The highest BCUT2D eigenvalue weighted by Crippen LogP contribution is 2.13. The number of amides is 1. The van der Waals surface area contributed by atoms with Gasteiger partial charge < -0.3 is 9.47 Å². The van der Waals surface area contributed by atoms with E-state index in [-0.39, 0.29) is 11.9 Å². The van der Waals surface area contributed by atoms with Crippen LogP contribution in [0.25, 0.3) is 0 Å². The number of rotatable bonds is 12. The van der Waals surface area contributed by atoms with Crippen molar-refractivity contribution in [1.29, 1.82) is 0 Å². The molecule has 5 heteroatoms. The number of unbranched alkanes of at least 4 members (excludes halogenated alkanes) is 5. The van der Waals surface area contributed by atoms with Crippen molar-refractivity contribution in [3.8, 4) is 0 Å². The molecule has 0 bridgehead atoms. The summed E-state index contributed by atoms with van der Waals surface area (Å²) in [6.07, 6.45) is 6.86. The molecule has 0 aromatic rings. The minimum absolute atomic E-state index is 0.0219. The third-order valence-electron chi connectivity index (χ3n) is 3.79. The van der Waals surface area contributed by atoms with Gasteiger partial charge in [0, 0.05) is 7.05 Å². The molecule has 0 aliphatic rings. The van der Waals surface area contributed by atoms with Crippen molar-refractivity contribution >= 4 is 12.1 Å².